The molecule has 0 nitrogen and oxygen atoms in total. The van der Waals surface area contributed by atoms with Gasteiger partial charge in [-0.25, -0.2) is 0 Å². The Morgan fingerprint density at radius 1 is 0.419 bits per heavy atom. The van der Waals surface area contributed by atoms with Gasteiger partial charge in [0.15, 0.2) is 0 Å². The first-order chi connectivity index (χ1) is 13.9. The molecule has 0 amide bonds. The molecule has 0 aliphatic carbocycles. The molecule has 0 unspecified atom stereocenters. The van der Waals surface area contributed by atoms with Gasteiger partial charge in [0.1, 0.15) is 0 Å². The number of unbranched alkanes of at least 4 members (excludes halogenated alkanes) is 2. The van der Waals surface area contributed by atoms with E-state index >= 15 is 0 Å². The van der Waals surface area contributed by atoms with Crippen molar-refractivity contribution in [1.82, 2.24) is 0 Å². The summed E-state index contributed by atoms with van der Waals surface area (Å²) >= 11 is 0. The summed E-state index contributed by atoms with van der Waals surface area (Å²) in [6.07, 6.45) is 15.6. The second kappa shape index (κ2) is 31.4. The summed E-state index contributed by atoms with van der Waals surface area (Å²) in [6.45, 7) is 22.4. The maximum atomic E-state index is 2.30. The Bertz CT molecular complexity index is 332. The van der Waals surface area contributed by atoms with Crippen molar-refractivity contribution in [1.29, 1.82) is 0 Å². The molecule has 0 saturated carbocycles. The van der Waals surface area contributed by atoms with Crippen molar-refractivity contribution in [3.8, 4) is 0 Å². The van der Waals surface area contributed by atoms with Gasteiger partial charge < -0.3 is 0 Å². The van der Waals surface area contributed by atoms with E-state index in [0.29, 0.717) is 5.41 Å². The Morgan fingerprint density at radius 3 is 0.742 bits per heavy atom. The molecule has 1 aromatic rings. The van der Waals surface area contributed by atoms with Crippen molar-refractivity contribution < 1.29 is 0 Å². The molecule has 0 spiro atoms. The smallest absolute Gasteiger partial charge is 0.0281 e. The summed E-state index contributed by atoms with van der Waals surface area (Å²) in [5.74, 6) is 0. The lowest BCUT2D eigenvalue weighted by molar-refractivity contribution is 0.240. The number of hydrogen-bond acceptors (Lipinski definition) is 0. The predicted octanol–water partition coefficient (Wildman–Crippen LogP) is 12.1. The highest BCUT2D eigenvalue weighted by molar-refractivity contribution is 5.22. The zero-order valence-corrected chi connectivity index (χ0v) is 22.3. The van der Waals surface area contributed by atoms with Gasteiger partial charge in [-0.3, -0.25) is 0 Å². The van der Waals surface area contributed by atoms with Gasteiger partial charge in [0.05, 0.1) is 0 Å². The zero-order chi connectivity index (χ0) is 23.0. The van der Waals surface area contributed by atoms with Crippen molar-refractivity contribution in [2.75, 3.05) is 0 Å². The number of benzene rings is 1. The highest BCUT2D eigenvalue weighted by Crippen LogP contribution is 2.33. The molecule has 1 aromatic carbocycles. The largest absolute Gasteiger partial charge is 0.0776 e. The van der Waals surface area contributed by atoms with Gasteiger partial charge in [0.25, 0.3) is 0 Å². The van der Waals surface area contributed by atoms with Crippen LogP contribution in [0.25, 0.3) is 0 Å². The number of rotatable bonds is 10. The van der Waals surface area contributed by atoms with Crippen LogP contribution in [0.2, 0.25) is 0 Å². The van der Waals surface area contributed by atoms with Crippen LogP contribution < -0.4 is 0 Å². The monoisotopic (exact) mass is 439 g/mol. The Hall–Kier alpha value is -0.780. The summed E-state index contributed by atoms with van der Waals surface area (Å²) < 4.78 is 0. The highest BCUT2D eigenvalue weighted by atomic mass is 14.3. The molecule has 0 saturated heterocycles. The van der Waals surface area contributed by atoms with Crippen molar-refractivity contribution in [3.05, 3.63) is 35.4 Å². The normalized spacial score (nSPS) is 9.35. The summed E-state index contributed by atoms with van der Waals surface area (Å²) in [4.78, 5) is 0. The maximum Gasteiger partial charge on any atom is -0.0281 e. The van der Waals surface area contributed by atoms with E-state index in [4.69, 9.17) is 0 Å². The second-order valence-corrected chi connectivity index (χ2v) is 8.23. The van der Waals surface area contributed by atoms with Crippen LogP contribution in [0.4, 0.5) is 0 Å². The third-order valence-corrected chi connectivity index (χ3v) is 6.10. The van der Waals surface area contributed by atoms with Crippen LogP contribution >= 0.6 is 0 Å². The first kappa shape index (κ1) is 40.6. The minimum atomic E-state index is 0. The Balaban J connectivity index is -0.000000106. The van der Waals surface area contributed by atoms with E-state index in [0.717, 1.165) is 0 Å². The van der Waals surface area contributed by atoms with Crippen molar-refractivity contribution in [2.24, 2.45) is 5.41 Å². The molecule has 0 heterocycles. The minimum absolute atomic E-state index is 0. The summed E-state index contributed by atoms with van der Waals surface area (Å²) in [6, 6.07) is 9.03. The molecule has 0 aliphatic heterocycles. The summed E-state index contributed by atoms with van der Waals surface area (Å²) in [5.41, 5.74) is 3.61. The van der Waals surface area contributed by atoms with Gasteiger partial charge in [-0.15, -0.1) is 0 Å². The van der Waals surface area contributed by atoms with Crippen molar-refractivity contribution in [2.45, 2.75) is 161 Å². The molecule has 190 valence electrons. The zero-order valence-electron chi connectivity index (χ0n) is 22.3. The first-order valence-electron chi connectivity index (χ1n) is 13.0. The maximum absolute atomic E-state index is 2.30. The molecule has 0 atom stereocenters. The van der Waals surface area contributed by atoms with Gasteiger partial charge in [-0.1, -0.05) is 173 Å². The molecular weight excluding hydrogens is 372 g/mol. The van der Waals surface area contributed by atoms with Gasteiger partial charge in [-0.2, -0.15) is 0 Å². The van der Waals surface area contributed by atoms with Crippen LogP contribution in [0.15, 0.2) is 24.3 Å². The van der Waals surface area contributed by atoms with E-state index in [2.05, 4.69) is 93.5 Å². The Kier molecular flexibility index (Phi) is 41.1. The fraction of sp³-hybridized carbons (Fsp3) is 0.806. The van der Waals surface area contributed by atoms with Crippen molar-refractivity contribution >= 4 is 0 Å². The van der Waals surface area contributed by atoms with Crippen LogP contribution in [0, 0.1) is 5.41 Å². The molecule has 0 radical (unpaired) electrons. The quantitative estimate of drug-likeness (QED) is 0.340. The van der Waals surface area contributed by atoms with Crippen LogP contribution in [-0.2, 0) is 12.8 Å². The molecule has 0 aromatic heterocycles. The van der Waals surface area contributed by atoms with E-state index in [1.54, 1.807) is 0 Å². The molecule has 0 aliphatic rings. The molecule has 31 heavy (non-hydrogen) atoms. The van der Waals surface area contributed by atoms with Crippen LogP contribution in [-0.4, -0.2) is 0 Å². The average Bonchev–Trinajstić information content (AvgIpc) is 2.78. The summed E-state index contributed by atoms with van der Waals surface area (Å²) in [7, 11) is 0. The van der Waals surface area contributed by atoms with Gasteiger partial charge in [-0.05, 0) is 29.4 Å². The van der Waals surface area contributed by atoms with Gasteiger partial charge in [0.2, 0.25) is 0 Å². The second-order valence-electron chi connectivity index (χ2n) is 8.23. The minimum Gasteiger partial charge on any atom is -0.0776 e. The molecule has 0 N–H and O–H groups in total. The molecular formula is C31H66. The predicted molar refractivity (Wildman–Crippen MR) is 153 cm³/mol. The van der Waals surface area contributed by atoms with E-state index < -0.39 is 0 Å². The van der Waals surface area contributed by atoms with Gasteiger partial charge >= 0.3 is 0 Å². The lowest BCUT2D eigenvalue weighted by Crippen LogP contribution is -2.15. The van der Waals surface area contributed by atoms with E-state index in [1.807, 2.05) is 0 Å². The molecule has 0 fully saturated rings. The third-order valence-electron chi connectivity index (χ3n) is 6.10. The molecule has 1 rings (SSSR count). The van der Waals surface area contributed by atoms with Crippen LogP contribution in [0.3, 0.4) is 0 Å². The third kappa shape index (κ3) is 25.4. The Labute approximate surface area is 202 Å². The standard InChI is InChI=1S/C12H18.C9H20.2C4H10.2CH4/c1-3-5-11-7-9-12(6-4-2)10-8-11;1-5-9(6-2,7-3)8-4;2*1-3-4-2;;/h7-10H,3-6H2,1-2H3;5-8H2,1-4H3;2*3-4H2,1-2H3;2*1H4. The van der Waals surface area contributed by atoms with E-state index in [-0.39, 0.29) is 14.9 Å². The van der Waals surface area contributed by atoms with E-state index in [1.165, 1.54) is 88.2 Å². The SMILES string of the molecule is C.C.CCC(CC)(CC)CC.CCCC.CCCC.CCCc1ccc(CCC)cc1. The lowest BCUT2D eigenvalue weighted by Gasteiger charge is -2.28. The molecule has 0 bridgehead atoms. The van der Waals surface area contributed by atoms with E-state index in [9.17, 15) is 0 Å². The topological polar surface area (TPSA) is 0 Å². The lowest BCUT2D eigenvalue weighted by atomic mass is 9.78. The number of hydrogen-bond donors (Lipinski definition) is 0. The van der Waals surface area contributed by atoms with Gasteiger partial charge in [0, 0.05) is 0 Å². The van der Waals surface area contributed by atoms with Crippen LogP contribution in [0.5, 0.6) is 0 Å². The van der Waals surface area contributed by atoms with Crippen LogP contribution in [0.1, 0.15) is 159 Å². The molecule has 0 heteroatoms. The highest BCUT2D eigenvalue weighted by Gasteiger charge is 2.20. The summed E-state index contributed by atoms with van der Waals surface area (Å²) in [5, 5.41) is 0. The fourth-order valence-electron chi connectivity index (χ4n) is 2.95. The number of aryl methyl sites for hydroxylation is 2. The Morgan fingerprint density at radius 2 is 0.645 bits per heavy atom. The first-order valence-corrected chi connectivity index (χ1v) is 13.0. The fourth-order valence-corrected chi connectivity index (χ4v) is 2.95. The average molecular weight is 439 g/mol. The van der Waals surface area contributed by atoms with Crippen molar-refractivity contribution in [3.63, 3.8) is 0 Å².